The summed E-state index contributed by atoms with van der Waals surface area (Å²) in [5.74, 6) is -5.92. The zero-order valence-corrected chi connectivity index (χ0v) is 11.3. The van der Waals surface area contributed by atoms with Gasteiger partial charge >= 0.3 is 5.97 Å². The van der Waals surface area contributed by atoms with Gasteiger partial charge in [0.1, 0.15) is 23.0 Å². The summed E-state index contributed by atoms with van der Waals surface area (Å²) in [4.78, 5) is 23.2. The topological polar surface area (TPSA) is 66.4 Å². The first kappa shape index (κ1) is 15.3. The predicted octanol–water partition coefficient (Wildman–Crippen LogP) is 2.48. The minimum absolute atomic E-state index is 0.363. The number of rotatable bonds is 3. The SMILES string of the molecule is CC1(C(=O)O)CCCC1NC(=O)c1c(F)cc(F)cc1F. The van der Waals surface area contributed by atoms with Crippen LogP contribution in [0.25, 0.3) is 0 Å². The molecule has 1 aromatic rings. The Morgan fingerprint density at radius 1 is 1.29 bits per heavy atom. The van der Waals surface area contributed by atoms with E-state index in [4.69, 9.17) is 0 Å². The molecule has 2 unspecified atom stereocenters. The predicted molar refractivity (Wildman–Crippen MR) is 67.2 cm³/mol. The van der Waals surface area contributed by atoms with Crippen LogP contribution in [0.15, 0.2) is 12.1 Å². The van der Waals surface area contributed by atoms with Crippen LogP contribution in [-0.2, 0) is 4.79 Å². The summed E-state index contributed by atoms with van der Waals surface area (Å²) in [5, 5.41) is 11.6. The summed E-state index contributed by atoms with van der Waals surface area (Å²) in [6, 6.07) is 0.0813. The van der Waals surface area contributed by atoms with E-state index >= 15 is 0 Å². The molecule has 0 bridgehead atoms. The van der Waals surface area contributed by atoms with Crippen LogP contribution in [0, 0.1) is 22.9 Å². The van der Waals surface area contributed by atoms with Crippen LogP contribution >= 0.6 is 0 Å². The Morgan fingerprint density at radius 2 is 1.86 bits per heavy atom. The molecule has 1 aromatic carbocycles. The molecule has 7 heteroatoms. The fraction of sp³-hybridized carbons (Fsp3) is 0.429. The van der Waals surface area contributed by atoms with E-state index in [1.807, 2.05) is 0 Å². The second-order valence-corrected chi connectivity index (χ2v) is 5.39. The van der Waals surface area contributed by atoms with Crippen molar-refractivity contribution in [2.24, 2.45) is 5.41 Å². The van der Waals surface area contributed by atoms with Gasteiger partial charge in [-0.25, -0.2) is 13.2 Å². The van der Waals surface area contributed by atoms with Gasteiger partial charge in [-0.05, 0) is 19.8 Å². The number of nitrogens with one attached hydrogen (secondary N) is 1. The highest BCUT2D eigenvalue weighted by atomic mass is 19.1. The summed E-state index contributed by atoms with van der Waals surface area (Å²) in [5.41, 5.74) is -2.08. The Bertz CT molecular complexity index is 582. The molecule has 0 radical (unpaired) electrons. The van der Waals surface area contributed by atoms with E-state index in [0.717, 1.165) is 0 Å². The summed E-state index contributed by atoms with van der Waals surface area (Å²) < 4.78 is 39.9. The Kier molecular flexibility index (Phi) is 3.93. The molecule has 1 aliphatic carbocycles. The maximum Gasteiger partial charge on any atom is 0.311 e. The summed E-state index contributed by atoms with van der Waals surface area (Å²) in [7, 11) is 0. The van der Waals surface area contributed by atoms with Crippen LogP contribution in [-0.4, -0.2) is 23.0 Å². The number of carbonyl (C=O) groups excluding carboxylic acids is 1. The standard InChI is InChI=1S/C14H14F3NO3/c1-14(13(20)21)4-2-3-10(14)18-12(19)11-8(16)5-7(15)6-9(11)17/h5-6,10H,2-4H2,1H3,(H,18,19)(H,20,21). The zero-order chi connectivity index (χ0) is 15.8. The fourth-order valence-corrected chi connectivity index (χ4v) is 2.64. The molecule has 1 fully saturated rings. The Balaban J connectivity index is 2.25. The van der Waals surface area contributed by atoms with E-state index in [-0.39, 0.29) is 0 Å². The van der Waals surface area contributed by atoms with Crippen LogP contribution < -0.4 is 5.32 Å². The molecule has 114 valence electrons. The van der Waals surface area contributed by atoms with E-state index in [1.165, 1.54) is 6.92 Å². The minimum Gasteiger partial charge on any atom is -0.481 e. The van der Waals surface area contributed by atoms with Crippen LogP contribution in [0.4, 0.5) is 13.2 Å². The highest BCUT2D eigenvalue weighted by Gasteiger charge is 2.46. The number of carboxylic acids is 1. The average Bonchev–Trinajstić information content (AvgIpc) is 2.71. The molecule has 21 heavy (non-hydrogen) atoms. The second-order valence-electron chi connectivity index (χ2n) is 5.39. The van der Waals surface area contributed by atoms with Crippen LogP contribution in [0.3, 0.4) is 0 Å². The Labute approximate surface area is 119 Å². The first-order valence-corrected chi connectivity index (χ1v) is 6.44. The normalized spacial score (nSPS) is 24.9. The summed E-state index contributed by atoms with van der Waals surface area (Å²) in [6.07, 6.45) is 1.35. The zero-order valence-electron chi connectivity index (χ0n) is 11.3. The van der Waals surface area contributed by atoms with Gasteiger partial charge in [-0.1, -0.05) is 6.42 Å². The number of aliphatic carboxylic acids is 1. The van der Waals surface area contributed by atoms with Crippen LogP contribution in [0.2, 0.25) is 0 Å². The van der Waals surface area contributed by atoms with Gasteiger partial charge in [0.05, 0.1) is 5.41 Å². The second kappa shape index (κ2) is 5.38. The summed E-state index contributed by atoms with van der Waals surface area (Å²) in [6.45, 7) is 1.48. The van der Waals surface area contributed by atoms with Crippen molar-refractivity contribution in [3.05, 3.63) is 35.1 Å². The van der Waals surface area contributed by atoms with Crippen molar-refractivity contribution in [3.8, 4) is 0 Å². The van der Waals surface area contributed by atoms with Crippen molar-refractivity contribution in [2.75, 3.05) is 0 Å². The van der Waals surface area contributed by atoms with Gasteiger partial charge in [-0.3, -0.25) is 9.59 Å². The molecule has 0 heterocycles. The molecule has 2 N–H and O–H groups in total. The van der Waals surface area contributed by atoms with Gasteiger partial charge < -0.3 is 10.4 Å². The molecule has 1 saturated carbocycles. The number of carbonyl (C=O) groups is 2. The number of amides is 1. The third kappa shape index (κ3) is 2.72. The lowest BCUT2D eigenvalue weighted by Gasteiger charge is -2.27. The Morgan fingerprint density at radius 3 is 2.38 bits per heavy atom. The first-order valence-electron chi connectivity index (χ1n) is 6.44. The number of halogens is 3. The molecule has 2 rings (SSSR count). The monoisotopic (exact) mass is 301 g/mol. The molecule has 1 amide bonds. The molecular weight excluding hydrogens is 287 g/mol. The van der Waals surface area contributed by atoms with E-state index in [2.05, 4.69) is 5.32 Å². The molecule has 1 aliphatic rings. The van der Waals surface area contributed by atoms with Gasteiger partial charge in [0, 0.05) is 18.2 Å². The number of benzene rings is 1. The number of carboxylic acid groups (broad SMARTS) is 1. The van der Waals surface area contributed by atoms with Gasteiger partial charge in [-0.2, -0.15) is 0 Å². The van der Waals surface area contributed by atoms with E-state index in [0.29, 0.717) is 31.4 Å². The van der Waals surface area contributed by atoms with Crippen LogP contribution in [0.5, 0.6) is 0 Å². The van der Waals surface area contributed by atoms with Crippen LogP contribution in [0.1, 0.15) is 36.5 Å². The minimum atomic E-state index is -1.32. The molecule has 4 nitrogen and oxygen atoms in total. The smallest absolute Gasteiger partial charge is 0.311 e. The Hall–Kier alpha value is -2.05. The fourth-order valence-electron chi connectivity index (χ4n) is 2.64. The van der Waals surface area contributed by atoms with E-state index < -0.39 is 46.3 Å². The lowest BCUT2D eigenvalue weighted by Crippen LogP contribution is -2.47. The van der Waals surface area contributed by atoms with Crippen molar-refractivity contribution in [1.29, 1.82) is 0 Å². The largest absolute Gasteiger partial charge is 0.481 e. The van der Waals surface area contributed by atoms with E-state index in [1.54, 1.807) is 0 Å². The van der Waals surface area contributed by atoms with Gasteiger partial charge in [-0.15, -0.1) is 0 Å². The highest BCUT2D eigenvalue weighted by Crippen LogP contribution is 2.38. The number of hydrogen-bond donors (Lipinski definition) is 2. The molecule has 0 aromatic heterocycles. The molecule has 0 aliphatic heterocycles. The summed E-state index contributed by atoms with van der Waals surface area (Å²) >= 11 is 0. The third-order valence-electron chi connectivity index (χ3n) is 3.99. The molecule has 0 spiro atoms. The average molecular weight is 301 g/mol. The quantitative estimate of drug-likeness (QED) is 0.901. The van der Waals surface area contributed by atoms with Gasteiger partial charge in [0.25, 0.3) is 5.91 Å². The maximum atomic E-state index is 13.5. The third-order valence-corrected chi connectivity index (χ3v) is 3.99. The van der Waals surface area contributed by atoms with Crippen molar-refractivity contribution in [3.63, 3.8) is 0 Å². The van der Waals surface area contributed by atoms with E-state index in [9.17, 15) is 27.9 Å². The van der Waals surface area contributed by atoms with Gasteiger partial charge in [0.2, 0.25) is 0 Å². The lowest BCUT2D eigenvalue weighted by molar-refractivity contribution is -0.148. The van der Waals surface area contributed by atoms with Gasteiger partial charge in [0.15, 0.2) is 0 Å². The van der Waals surface area contributed by atoms with Crippen molar-refractivity contribution in [1.82, 2.24) is 5.32 Å². The first-order chi connectivity index (χ1) is 9.75. The maximum absolute atomic E-state index is 13.5. The lowest BCUT2D eigenvalue weighted by atomic mass is 9.85. The van der Waals surface area contributed by atoms with Crippen molar-refractivity contribution >= 4 is 11.9 Å². The molecule has 2 atom stereocenters. The molecule has 0 saturated heterocycles. The highest BCUT2D eigenvalue weighted by molar-refractivity contribution is 5.95. The number of hydrogen-bond acceptors (Lipinski definition) is 2. The van der Waals surface area contributed by atoms with Crippen molar-refractivity contribution < 1.29 is 27.9 Å². The van der Waals surface area contributed by atoms with Crippen molar-refractivity contribution in [2.45, 2.75) is 32.2 Å². The molecular formula is C14H14F3NO3.